The van der Waals surface area contributed by atoms with Crippen molar-refractivity contribution in [3.05, 3.63) is 127 Å². The topological polar surface area (TPSA) is 52.5 Å². The minimum absolute atomic E-state index is 0. The van der Waals surface area contributed by atoms with Gasteiger partial charge in [-0.3, -0.25) is 0 Å². The van der Waals surface area contributed by atoms with Crippen LogP contribution in [-0.2, 0) is 21.1 Å². The molecule has 0 aliphatic heterocycles. The Morgan fingerprint density at radius 3 is 2.26 bits per heavy atom. The van der Waals surface area contributed by atoms with Crippen LogP contribution in [0.25, 0.3) is 60.1 Å². The van der Waals surface area contributed by atoms with Crippen molar-refractivity contribution < 1.29 is 30.2 Å². The summed E-state index contributed by atoms with van der Waals surface area (Å²) in [7, 11) is 0. The van der Waals surface area contributed by atoms with Crippen molar-refractivity contribution in [3.63, 3.8) is 0 Å². The third kappa shape index (κ3) is 4.46. The minimum Gasteiger partial charge on any atom is -0.500 e. The summed E-state index contributed by atoms with van der Waals surface area (Å²) in [4.78, 5) is 12.5. The fourth-order valence-corrected chi connectivity index (χ4v) is 4.68. The molecule has 4 aromatic carbocycles. The van der Waals surface area contributed by atoms with E-state index < -0.39 is 0 Å². The van der Waals surface area contributed by atoms with Crippen LogP contribution in [0.3, 0.4) is 0 Å². The molecule has 39 heavy (non-hydrogen) atoms. The molecular formula is C33H17N3O2Pt. The first kappa shape index (κ1) is 24.5. The Balaban J connectivity index is 0.00000277. The van der Waals surface area contributed by atoms with E-state index in [-0.39, 0.29) is 21.1 Å². The van der Waals surface area contributed by atoms with Crippen LogP contribution in [-0.4, -0.2) is 9.97 Å². The molecule has 0 spiro atoms. The van der Waals surface area contributed by atoms with Crippen LogP contribution < -0.4 is 4.74 Å². The molecule has 0 N–H and O–H groups in total. The standard InChI is InChI=1S/C33H17N3O2.Pt/c1-34-23-12-14-26-21(17-23)11-13-27-28-19-25(20-29(33(28)38-32(26)27)31-10-3-5-16-36-31)37-24-8-6-7-22(18-24)30-9-2-4-15-35-30;/h2-17,19H;/q-2;+2. The molecule has 0 atom stereocenters. The van der Waals surface area contributed by atoms with E-state index in [1.54, 1.807) is 12.4 Å². The summed E-state index contributed by atoms with van der Waals surface area (Å²) in [6, 6.07) is 35.5. The number of furan rings is 1. The van der Waals surface area contributed by atoms with Gasteiger partial charge in [-0.2, -0.15) is 0 Å². The van der Waals surface area contributed by atoms with Crippen LogP contribution in [0.15, 0.2) is 108 Å². The van der Waals surface area contributed by atoms with Crippen LogP contribution in [0.2, 0.25) is 0 Å². The van der Waals surface area contributed by atoms with Crippen LogP contribution in [0, 0.1) is 18.7 Å². The third-order valence-corrected chi connectivity index (χ3v) is 6.42. The quantitative estimate of drug-likeness (QED) is 0.174. The van der Waals surface area contributed by atoms with Gasteiger partial charge in [-0.05, 0) is 35.0 Å². The molecule has 0 radical (unpaired) electrons. The van der Waals surface area contributed by atoms with Gasteiger partial charge in [-0.15, -0.1) is 23.8 Å². The number of fused-ring (bicyclic) bond motifs is 5. The number of ether oxygens (including phenoxy) is 1. The van der Waals surface area contributed by atoms with Crippen LogP contribution >= 0.6 is 0 Å². The van der Waals surface area contributed by atoms with E-state index in [1.165, 1.54) is 0 Å². The van der Waals surface area contributed by atoms with Gasteiger partial charge in [0.15, 0.2) is 5.69 Å². The SMILES string of the molecule is [C-]#[N+]c1ccc2c(ccc3c4cc(Oc5[c-]c(-c6ccccn6)ccc5)[c-]c(-c5ccccn5)c4oc23)c1.[Pt+2]. The van der Waals surface area contributed by atoms with Gasteiger partial charge in [-0.1, -0.05) is 77.7 Å². The van der Waals surface area contributed by atoms with E-state index in [4.69, 9.17) is 15.7 Å². The van der Waals surface area contributed by atoms with Gasteiger partial charge in [0, 0.05) is 34.7 Å². The summed E-state index contributed by atoms with van der Waals surface area (Å²) in [5, 5.41) is 3.74. The normalized spacial score (nSPS) is 10.8. The molecule has 0 bridgehead atoms. The molecule has 0 aliphatic rings. The molecule has 3 aromatic heterocycles. The zero-order valence-electron chi connectivity index (χ0n) is 20.3. The maximum Gasteiger partial charge on any atom is 2.00 e. The number of aromatic nitrogens is 2. The van der Waals surface area contributed by atoms with Crippen molar-refractivity contribution >= 4 is 38.4 Å². The fourth-order valence-electron chi connectivity index (χ4n) is 4.68. The van der Waals surface area contributed by atoms with Crippen LogP contribution in [0.5, 0.6) is 11.5 Å². The summed E-state index contributed by atoms with van der Waals surface area (Å²) in [6.45, 7) is 7.34. The second-order valence-electron chi connectivity index (χ2n) is 8.77. The van der Waals surface area contributed by atoms with E-state index in [2.05, 4.69) is 26.9 Å². The average molecular weight is 683 g/mol. The zero-order chi connectivity index (χ0) is 25.5. The molecular weight excluding hydrogens is 665 g/mol. The summed E-state index contributed by atoms with van der Waals surface area (Å²) in [6.07, 6.45) is 3.50. The smallest absolute Gasteiger partial charge is 0.500 e. The molecule has 0 unspecified atom stereocenters. The number of rotatable bonds is 4. The number of nitrogens with zero attached hydrogens (tertiary/aromatic N) is 3. The number of hydrogen-bond donors (Lipinski definition) is 0. The van der Waals surface area contributed by atoms with Crippen molar-refractivity contribution in [2.24, 2.45) is 0 Å². The predicted octanol–water partition coefficient (Wildman–Crippen LogP) is 8.80. The molecule has 186 valence electrons. The molecule has 5 nitrogen and oxygen atoms in total. The zero-order valence-corrected chi connectivity index (χ0v) is 22.6. The first-order valence-corrected chi connectivity index (χ1v) is 12.0. The molecule has 7 rings (SSSR count). The van der Waals surface area contributed by atoms with Crippen molar-refractivity contribution in [1.82, 2.24) is 9.97 Å². The van der Waals surface area contributed by atoms with Gasteiger partial charge < -0.3 is 19.1 Å². The predicted molar refractivity (Wildman–Crippen MR) is 148 cm³/mol. The van der Waals surface area contributed by atoms with Gasteiger partial charge in [0.25, 0.3) is 0 Å². The molecule has 0 aliphatic carbocycles. The molecule has 0 saturated heterocycles. The maximum absolute atomic E-state index is 7.34. The minimum atomic E-state index is 0. The molecule has 0 amide bonds. The molecule has 3 heterocycles. The fraction of sp³-hybridized carbons (Fsp3) is 0. The summed E-state index contributed by atoms with van der Waals surface area (Å²) >= 11 is 0. The summed E-state index contributed by atoms with van der Waals surface area (Å²) < 4.78 is 12.8. The van der Waals surface area contributed by atoms with Crippen molar-refractivity contribution in [2.45, 2.75) is 0 Å². The van der Waals surface area contributed by atoms with E-state index in [0.717, 1.165) is 44.1 Å². The van der Waals surface area contributed by atoms with E-state index >= 15 is 0 Å². The Morgan fingerprint density at radius 1 is 0.692 bits per heavy atom. The van der Waals surface area contributed by atoms with E-state index in [9.17, 15) is 0 Å². The van der Waals surface area contributed by atoms with Gasteiger partial charge in [0.1, 0.15) is 5.58 Å². The van der Waals surface area contributed by atoms with Crippen molar-refractivity contribution in [2.75, 3.05) is 0 Å². The van der Waals surface area contributed by atoms with Gasteiger partial charge >= 0.3 is 21.1 Å². The molecule has 7 aromatic rings. The first-order chi connectivity index (χ1) is 18.8. The first-order valence-electron chi connectivity index (χ1n) is 12.0. The van der Waals surface area contributed by atoms with Gasteiger partial charge in [0.05, 0.1) is 12.2 Å². The number of hydrogen-bond acceptors (Lipinski definition) is 4. The third-order valence-electron chi connectivity index (χ3n) is 6.42. The van der Waals surface area contributed by atoms with Crippen molar-refractivity contribution in [1.29, 1.82) is 0 Å². The average Bonchev–Trinajstić information content (AvgIpc) is 3.36. The van der Waals surface area contributed by atoms with Gasteiger partial charge in [-0.25, -0.2) is 4.85 Å². The Labute approximate surface area is 238 Å². The van der Waals surface area contributed by atoms with E-state index in [0.29, 0.717) is 28.3 Å². The van der Waals surface area contributed by atoms with Crippen molar-refractivity contribution in [3.8, 4) is 34.0 Å². The second-order valence-corrected chi connectivity index (χ2v) is 8.77. The second kappa shape index (κ2) is 10.2. The monoisotopic (exact) mass is 682 g/mol. The number of benzene rings is 4. The summed E-state index contributed by atoms with van der Waals surface area (Å²) in [5.41, 5.74) is 5.12. The molecule has 6 heteroatoms. The molecule has 0 saturated carbocycles. The van der Waals surface area contributed by atoms with Crippen LogP contribution in [0.4, 0.5) is 5.69 Å². The Morgan fingerprint density at radius 2 is 1.49 bits per heavy atom. The Bertz CT molecular complexity index is 2010. The Hall–Kier alpha value is -4.78. The molecule has 0 fully saturated rings. The number of pyridine rings is 2. The van der Waals surface area contributed by atoms with E-state index in [1.807, 2.05) is 91.0 Å². The summed E-state index contributed by atoms with van der Waals surface area (Å²) in [5.74, 6) is 1.08. The maximum atomic E-state index is 7.34. The van der Waals surface area contributed by atoms with Gasteiger partial charge in [0.2, 0.25) is 0 Å². The Kier molecular flexibility index (Phi) is 6.40. The van der Waals surface area contributed by atoms with Crippen LogP contribution in [0.1, 0.15) is 0 Å². The largest absolute Gasteiger partial charge is 2.00 e.